The predicted octanol–water partition coefficient (Wildman–Crippen LogP) is 4.73. The van der Waals surface area contributed by atoms with Gasteiger partial charge in [0.15, 0.2) is 4.80 Å². The van der Waals surface area contributed by atoms with Gasteiger partial charge in [0.2, 0.25) is 0 Å². The van der Waals surface area contributed by atoms with E-state index in [0.717, 1.165) is 18.5 Å². The number of likely N-dealkylation sites (N-methyl/N-ethyl adjacent to an activating group) is 1. The quantitative estimate of drug-likeness (QED) is 0.294. The minimum Gasteiger partial charge on any atom is -0.497 e. The number of nitrogens with zero attached hydrogens (tertiary/aromatic N) is 3. The maximum absolute atomic E-state index is 14.1. The van der Waals surface area contributed by atoms with Gasteiger partial charge in [-0.1, -0.05) is 11.3 Å². The van der Waals surface area contributed by atoms with E-state index in [0.29, 0.717) is 57.4 Å². The minimum atomic E-state index is -0.739. The van der Waals surface area contributed by atoms with E-state index < -0.39 is 6.04 Å². The zero-order valence-corrected chi connectivity index (χ0v) is 28.3. The highest BCUT2D eigenvalue weighted by molar-refractivity contribution is 14.1. The molecular weight excluding hydrogens is 756 g/mol. The number of thiazole rings is 1. The lowest BCUT2D eigenvalue weighted by Gasteiger charge is -2.30. The van der Waals surface area contributed by atoms with E-state index in [1.807, 2.05) is 52.0 Å². The number of allylic oxidation sites excluding steroid dienone is 1. The summed E-state index contributed by atoms with van der Waals surface area (Å²) >= 11 is 5.81. The number of halogens is 2. The summed E-state index contributed by atoms with van der Waals surface area (Å²) in [5.74, 6) is 1.82. The molecule has 40 heavy (non-hydrogen) atoms. The molecule has 1 aliphatic heterocycles. The van der Waals surface area contributed by atoms with E-state index in [9.17, 15) is 9.59 Å². The zero-order chi connectivity index (χ0) is 29.1. The summed E-state index contributed by atoms with van der Waals surface area (Å²) in [7, 11) is 3.16. The van der Waals surface area contributed by atoms with Gasteiger partial charge < -0.3 is 19.1 Å². The van der Waals surface area contributed by atoms with Crippen LogP contribution >= 0.6 is 56.5 Å². The third kappa shape index (κ3) is 5.82. The van der Waals surface area contributed by atoms with Gasteiger partial charge >= 0.3 is 0 Å². The topological polar surface area (TPSA) is 82.4 Å². The largest absolute Gasteiger partial charge is 0.497 e. The fourth-order valence-electron chi connectivity index (χ4n) is 4.72. The second-order valence-corrected chi connectivity index (χ2v) is 12.2. The number of hydrogen-bond donors (Lipinski definition) is 0. The number of ether oxygens (including phenoxy) is 3. The molecule has 1 atom stereocenters. The van der Waals surface area contributed by atoms with E-state index in [1.54, 1.807) is 35.8 Å². The van der Waals surface area contributed by atoms with Crippen LogP contribution in [0.5, 0.6) is 17.2 Å². The average Bonchev–Trinajstić information content (AvgIpc) is 3.24. The van der Waals surface area contributed by atoms with Crippen molar-refractivity contribution in [1.82, 2.24) is 9.47 Å². The summed E-state index contributed by atoms with van der Waals surface area (Å²) in [4.78, 5) is 35.0. The highest BCUT2D eigenvalue weighted by Crippen LogP contribution is 2.38. The summed E-state index contributed by atoms with van der Waals surface area (Å²) in [6, 6.07) is 8.67. The molecule has 0 bridgehead atoms. The number of fused-ring (bicyclic) bond motifs is 1. The maximum Gasteiger partial charge on any atom is 0.271 e. The molecule has 1 aromatic heterocycles. The molecule has 0 spiro atoms. The molecule has 0 saturated heterocycles. The lowest BCUT2D eigenvalue weighted by molar-refractivity contribution is -0.127. The van der Waals surface area contributed by atoms with Gasteiger partial charge in [0.25, 0.3) is 11.5 Å². The molecule has 0 N–H and O–H groups in total. The summed E-state index contributed by atoms with van der Waals surface area (Å²) in [6.07, 6.45) is 1.87. The third-order valence-corrected chi connectivity index (χ3v) is 9.23. The lowest BCUT2D eigenvalue weighted by Crippen LogP contribution is -2.43. The van der Waals surface area contributed by atoms with Crippen LogP contribution in [0.4, 0.5) is 0 Å². The van der Waals surface area contributed by atoms with E-state index in [2.05, 4.69) is 45.2 Å². The Morgan fingerprint density at radius 2 is 1.77 bits per heavy atom. The fourth-order valence-corrected chi connectivity index (χ4v) is 7.89. The Bertz CT molecular complexity index is 1630. The van der Waals surface area contributed by atoms with Crippen molar-refractivity contribution < 1.29 is 19.0 Å². The van der Waals surface area contributed by atoms with Crippen molar-refractivity contribution in [2.24, 2.45) is 4.99 Å². The van der Waals surface area contributed by atoms with Crippen LogP contribution in [0.3, 0.4) is 0 Å². The standard InChI is InChI=1S/C29H31I2N3O5S/c1-7-33(8-2)28(36)24-16(4)32-29-34(25(24)19-15-18(37-5)10-11-22(19)38-6)27(35)23(40-29)14-17-12-20(30)26(39-9-3)21(31)13-17/h10-15,25H,7-9H2,1-6H3/b23-14+/t25-/m1/s1. The van der Waals surface area contributed by atoms with Crippen molar-refractivity contribution in [2.45, 2.75) is 33.7 Å². The van der Waals surface area contributed by atoms with Crippen LogP contribution in [0.15, 0.2) is 51.4 Å². The second-order valence-electron chi connectivity index (χ2n) is 8.91. The minimum absolute atomic E-state index is 0.161. The summed E-state index contributed by atoms with van der Waals surface area (Å²) in [5.41, 5.74) is 2.33. The van der Waals surface area contributed by atoms with Crippen molar-refractivity contribution in [1.29, 1.82) is 0 Å². The van der Waals surface area contributed by atoms with Crippen LogP contribution in [0.1, 0.15) is 44.9 Å². The molecule has 0 saturated carbocycles. The Morgan fingerprint density at radius 1 is 1.10 bits per heavy atom. The Hall–Kier alpha value is -2.39. The maximum atomic E-state index is 14.1. The molecule has 3 aromatic rings. The first-order chi connectivity index (χ1) is 19.2. The molecule has 0 fully saturated rings. The van der Waals surface area contributed by atoms with Crippen LogP contribution in [-0.2, 0) is 4.79 Å². The van der Waals surface area contributed by atoms with E-state index in [1.165, 1.54) is 11.3 Å². The monoisotopic (exact) mass is 787 g/mol. The number of methoxy groups -OCH3 is 2. The first kappa shape index (κ1) is 30.6. The Labute approximate surface area is 264 Å². The highest BCUT2D eigenvalue weighted by atomic mass is 127. The molecule has 212 valence electrons. The van der Waals surface area contributed by atoms with E-state index in [4.69, 9.17) is 19.2 Å². The van der Waals surface area contributed by atoms with Gasteiger partial charge in [-0.3, -0.25) is 14.2 Å². The zero-order valence-electron chi connectivity index (χ0n) is 23.2. The Balaban J connectivity index is 2.00. The van der Waals surface area contributed by atoms with Crippen molar-refractivity contribution in [3.8, 4) is 17.2 Å². The molecule has 4 rings (SSSR count). The van der Waals surface area contributed by atoms with Crippen LogP contribution in [0.2, 0.25) is 0 Å². The van der Waals surface area contributed by atoms with Gasteiger partial charge in [-0.25, -0.2) is 4.99 Å². The Morgan fingerprint density at radius 3 is 2.35 bits per heavy atom. The van der Waals surface area contributed by atoms with Crippen LogP contribution in [0.25, 0.3) is 6.08 Å². The Kier molecular flexibility index (Phi) is 9.98. The number of amides is 1. The summed E-state index contributed by atoms with van der Waals surface area (Å²) in [5, 5.41) is 0. The van der Waals surface area contributed by atoms with Gasteiger partial charge in [-0.05, 0) is 115 Å². The normalized spacial score (nSPS) is 15.0. The number of carbonyl (C=O) groups is 1. The molecular formula is C29H31I2N3O5S. The fraction of sp³-hybridized carbons (Fsp3) is 0.345. The van der Waals surface area contributed by atoms with Crippen molar-refractivity contribution in [2.75, 3.05) is 33.9 Å². The van der Waals surface area contributed by atoms with Gasteiger partial charge in [-0.2, -0.15) is 0 Å². The number of aromatic nitrogens is 1. The first-order valence-corrected chi connectivity index (χ1v) is 15.8. The lowest BCUT2D eigenvalue weighted by atomic mass is 9.93. The van der Waals surface area contributed by atoms with Gasteiger partial charge in [-0.15, -0.1) is 0 Å². The second kappa shape index (κ2) is 13.1. The molecule has 2 aromatic carbocycles. The third-order valence-electron chi connectivity index (χ3n) is 6.64. The van der Waals surface area contributed by atoms with Crippen molar-refractivity contribution in [3.05, 3.63) is 79.6 Å². The molecule has 0 unspecified atom stereocenters. The highest BCUT2D eigenvalue weighted by Gasteiger charge is 2.36. The average molecular weight is 787 g/mol. The number of carbonyl (C=O) groups excluding carboxylic acids is 1. The van der Waals surface area contributed by atoms with E-state index >= 15 is 0 Å². The molecule has 8 nitrogen and oxygen atoms in total. The van der Waals surface area contributed by atoms with E-state index in [-0.39, 0.29) is 11.5 Å². The molecule has 1 aliphatic rings. The van der Waals surface area contributed by atoms with Crippen LogP contribution in [-0.4, -0.2) is 49.3 Å². The van der Waals surface area contributed by atoms with Crippen molar-refractivity contribution in [3.63, 3.8) is 0 Å². The summed E-state index contributed by atoms with van der Waals surface area (Å²) < 4.78 is 21.1. The van der Waals surface area contributed by atoms with Gasteiger partial charge in [0.05, 0.1) is 43.8 Å². The molecule has 2 heterocycles. The predicted molar refractivity (Wildman–Crippen MR) is 174 cm³/mol. The van der Waals surface area contributed by atoms with Crippen LogP contribution in [0, 0.1) is 7.14 Å². The van der Waals surface area contributed by atoms with Crippen LogP contribution < -0.4 is 29.1 Å². The number of hydrogen-bond acceptors (Lipinski definition) is 7. The molecule has 0 radical (unpaired) electrons. The molecule has 0 aliphatic carbocycles. The first-order valence-electron chi connectivity index (χ1n) is 12.8. The molecule has 1 amide bonds. The van der Waals surface area contributed by atoms with Gasteiger partial charge in [0.1, 0.15) is 23.3 Å². The smallest absolute Gasteiger partial charge is 0.271 e. The SMILES string of the molecule is CCOc1c(I)cc(/C=c2/sc3n(c2=O)[C@H](c2cc(OC)ccc2OC)C(C(=O)N(CC)CC)=C(C)N=3)cc1I. The summed E-state index contributed by atoms with van der Waals surface area (Å²) in [6.45, 7) is 9.30. The van der Waals surface area contributed by atoms with Gasteiger partial charge in [0, 0.05) is 18.7 Å². The number of benzene rings is 2. The molecule has 11 heteroatoms. The number of rotatable bonds is 9. The van der Waals surface area contributed by atoms with Crippen molar-refractivity contribution >= 4 is 68.5 Å².